The number of benzene rings is 2. The van der Waals surface area contributed by atoms with Gasteiger partial charge in [-0.05, 0) is 29.8 Å². The van der Waals surface area contributed by atoms with Crippen molar-refractivity contribution in [1.82, 2.24) is 20.5 Å². The van der Waals surface area contributed by atoms with Crippen molar-refractivity contribution in [2.24, 2.45) is 5.84 Å². The number of aromatic nitrogens is 3. The zero-order valence-corrected chi connectivity index (χ0v) is 20.6. The Morgan fingerprint density at radius 1 is 0.970 bits per heavy atom. The number of rotatable bonds is 5. The van der Waals surface area contributed by atoms with Crippen LogP contribution in [0.3, 0.4) is 0 Å². The van der Waals surface area contributed by atoms with Crippen LogP contribution in [0, 0.1) is 0 Å². The Morgan fingerprint density at radius 3 is 2.18 bits per heavy atom. The zero-order chi connectivity index (χ0) is 24.3. The van der Waals surface area contributed by atoms with Crippen molar-refractivity contribution in [1.29, 1.82) is 0 Å². The summed E-state index contributed by atoms with van der Waals surface area (Å²) in [4.78, 5) is 6.81. The molecule has 0 aliphatic carbocycles. The van der Waals surface area contributed by atoms with Crippen LogP contribution in [-0.4, -0.2) is 48.5 Å². The summed E-state index contributed by atoms with van der Waals surface area (Å²) in [5.41, 5.74) is 5.59. The third-order valence-corrected chi connectivity index (χ3v) is 4.45. The summed E-state index contributed by atoms with van der Waals surface area (Å²) in [6, 6.07) is 17.7. The molecule has 0 radical (unpaired) electrons. The highest BCUT2D eigenvalue weighted by molar-refractivity contribution is 5.60. The molecule has 180 valence electrons. The summed E-state index contributed by atoms with van der Waals surface area (Å²) >= 11 is 0. The van der Waals surface area contributed by atoms with E-state index in [4.69, 9.17) is 10.6 Å². The predicted octanol–water partition coefficient (Wildman–Crippen LogP) is 4.12. The van der Waals surface area contributed by atoms with Crippen LogP contribution in [0.4, 0.5) is 11.5 Å². The minimum atomic E-state index is 0.629. The van der Waals surface area contributed by atoms with Gasteiger partial charge in [-0.15, -0.1) is 5.10 Å². The van der Waals surface area contributed by atoms with Gasteiger partial charge in [0.1, 0.15) is 0 Å². The molecule has 2 aromatic carbocycles. The molecule has 1 fully saturated rings. The summed E-state index contributed by atoms with van der Waals surface area (Å²) in [5, 5.41) is 11.5. The van der Waals surface area contributed by atoms with Gasteiger partial charge in [-0.25, -0.2) is 4.98 Å². The lowest BCUT2D eigenvalue weighted by molar-refractivity contribution is 0.185. The molecule has 0 atom stereocenters. The van der Waals surface area contributed by atoms with Gasteiger partial charge < -0.3 is 20.4 Å². The number of hydrogen-bond acceptors (Lipinski definition) is 8. The molecule has 0 amide bonds. The molecule has 1 aliphatic rings. The molecule has 4 rings (SSSR count). The molecule has 0 unspecified atom stereocenters. The van der Waals surface area contributed by atoms with Crippen LogP contribution in [0.2, 0.25) is 0 Å². The second kappa shape index (κ2) is 17.5. The van der Waals surface area contributed by atoms with Gasteiger partial charge in [-0.3, -0.25) is 5.84 Å². The second-order valence-corrected chi connectivity index (χ2v) is 6.52. The van der Waals surface area contributed by atoms with E-state index >= 15 is 0 Å². The number of nitrogens with two attached hydrogens (primary N) is 1. The molecule has 0 bridgehead atoms. The van der Waals surface area contributed by atoms with Crippen LogP contribution in [0.1, 0.15) is 33.3 Å². The summed E-state index contributed by atoms with van der Waals surface area (Å²) in [6.45, 7) is 12.5. The summed E-state index contributed by atoms with van der Waals surface area (Å²) in [5.74, 6) is 6.86. The molecule has 2 heterocycles. The highest BCUT2D eigenvalue weighted by atomic mass is 16.5. The highest BCUT2D eigenvalue weighted by Gasteiger charge is 2.13. The molecule has 1 aliphatic heterocycles. The Labute approximate surface area is 198 Å². The summed E-state index contributed by atoms with van der Waals surface area (Å²) in [6.07, 6.45) is 1.71. The maximum Gasteiger partial charge on any atom is 0.183 e. The first-order chi connectivity index (χ1) is 16.3. The molecule has 8 nitrogen and oxygen atoms in total. The van der Waals surface area contributed by atoms with Crippen LogP contribution >= 0.6 is 0 Å². The Morgan fingerprint density at radius 2 is 1.61 bits per heavy atom. The largest absolute Gasteiger partial charge is 0.380 e. The van der Waals surface area contributed by atoms with E-state index in [1.54, 1.807) is 13.3 Å². The second-order valence-electron chi connectivity index (χ2n) is 6.52. The van der Waals surface area contributed by atoms with E-state index in [1.165, 1.54) is 5.56 Å². The first kappa shape index (κ1) is 28.0. The number of methoxy groups -OCH3 is 1. The lowest BCUT2D eigenvalue weighted by atomic mass is 10.2. The van der Waals surface area contributed by atoms with E-state index in [-0.39, 0.29) is 0 Å². The fraction of sp³-hybridized carbons (Fsp3) is 0.400. The van der Waals surface area contributed by atoms with Gasteiger partial charge in [-0.2, -0.15) is 5.10 Å². The smallest absolute Gasteiger partial charge is 0.183 e. The monoisotopic (exact) mass is 453 g/mol. The first-order valence-corrected chi connectivity index (χ1v) is 11.6. The topological polar surface area (TPSA) is 101 Å². The molecule has 33 heavy (non-hydrogen) atoms. The minimum Gasteiger partial charge on any atom is -0.380 e. The number of nitrogen functional groups attached to an aromatic ring is 1. The van der Waals surface area contributed by atoms with Gasteiger partial charge >= 0.3 is 0 Å². The van der Waals surface area contributed by atoms with Crippen molar-refractivity contribution in [3.05, 3.63) is 66.4 Å². The third-order valence-electron chi connectivity index (χ3n) is 4.45. The molecule has 1 aromatic heterocycles. The first-order valence-electron chi connectivity index (χ1n) is 11.6. The molecule has 1 saturated heterocycles. The summed E-state index contributed by atoms with van der Waals surface area (Å²) in [7, 11) is 1.70. The van der Waals surface area contributed by atoms with Crippen molar-refractivity contribution >= 4 is 11.5 Å². The molecule has 8 heteroatoms. The lowest BCUT2D eigenvalue weighted by Crippen LogP contribution is -2.44. The highest BCUT2D eigenvalue weighted by Crippen LogP contribution is 2.19. The Kier molecular flexibility index (Phi) is 14.8. The van der Waals surface area contributed by atoms with E-state index in [2.05, 4.69) is 30.8 Å². The van der Waals surface area contributed by atoms with Gasteiger partial charge in [0, 0.05) is 44.5 Å². The van der Waals surface area contributed by atoms with Crippen LogP contribution < -0.4 is 21.5 Å². The Hall–Kier alpha value is -3.07. The number of hydrogen-bond donors (Lipinski definition) is 3. The van der Waals surface area contributed by atoms with Crippen molar-refractivity contribution in [2.45, 2.75) is 34.3 Å². The standard InChI is InChI=1S/C13H17N7.C8H10O.2C2H6/c14-18-11-3-1-10(2-4-11)13-17-12(9-16-19-13)20-7-5-15-6-8-20;1-9-7-8-5-3-2-4-6-8;2*1-2/h1-4,9,15,18H,5-8,14H2;2-6H,7H2,1H3;2*1-2H3. The van der Waals surface area contributed by atoms with Gasteiger partial charge in [-0.1, -0.05) is 58.0 Å². The minimum absolute atomic E-state index is 0.629. The fourth-order valence-electron chi connectivity index (χ4n) is 2.92. The van der Waals surface area contributed by atoms with E-state index < -0.39 is 0 Å². The number of anilines is 2. The van der Waals surface area contributed by atoms with Gasteiger partial charge in [0.05, 0.1) is 12.8 Å². The van der Waals surface area contributed by atoms with E-state index in [1.807, 2.05) is 82.3 Å². The Bertz CT molecular complexity index is 854. The fourth-order valence-corrected chi connectivity index (χ4v) is 2.92. The zero-order valence-electron chi connectivity index (χ0n) is 20.6. The lowest BCUT2D eigenvalue weighted by Gasteiger charge is -2.28. The van der Waals surface area contributed by atoms with Gasteiger partial charge in [0.15, 0.2) is 11.6 Å². The SMILES string of the molecule is CC.CC.COCc1ccccc1.NNc1ccc(-c2nncc(N3CCNCC3)n2)cc1. The molecule has 3 aromatic rings. The third kappa shape index (κ3) is 9.95. The van der Waals surface area contributed by atoms with Crippen LogP contribution in [-0.2, 0) is 11.3 Å². The van der Waals surface area contributed by atoms with Crippen LogP contribution in [0.5, 0.6) is 0 Å². The number of ether oxygens (including phenoxy) is 1. The number of nitrogens with zero attached hydrogens (tertiary/aromatic N) is 4. The predicted molar refractivity (Wildman–Crippen MR) is 138 cm³/mol. The van der Waals surface area contributed by atoms with Crippen LogP contribution in [0.15, 0.2) is 60.8 Å². The average molecular weight is 454 g/mol. The molecular weight excluding hydrogens is 414 g/mol. The number of nitrogens with one attached hydrogen (secondary N) is 2. The maximum absolute atomic E-state index is 5.35. The average Bonchev–Trinajstić information content (AvgIpc) is 2.93. The molecular formula is C25H39N7O. The maximum atomic E-state index is 5.35. The van der Waals surface area contributed by atoms with E-state index in [0.717, 1.165) is 43.2 Å². The number of piperazine rings is 1. The van der Waals surface area contributed by atoms with Gasteiger partial charge in [0.25, 0.3) is 0 Å². The van der Waals surface area contributed by atoms with Crippen LogP contribution in [0.25, 0.3) is 11.4 Å². The van der Waals surface area contributed by atoms with Crippen molar-refractivity contribution in [3.63, 3.8) is 0 Å². The number of hydrazine groups is 1. The normalized spacial score (nSPS) is 12.1. The van der Waals surface area contributed by atoms with Crippen molar-refractivity contribution in [3.8, 4) is 11.4 Å². The van der Waals surface area contributed by atoms with Crippen molar-refractivity contribution < 1.29 is 4.74 Å². The Balaban J connectivity index is 0.000000352. The molecule has 0 saturated carbocycles. The summed E-state index contributed by atoms with van der Waals surface area (Å²) < 4.78 is 4.93. The quantitative estimate of drug-likeness (QED) is 0.392. The van der Waals surface area contributed by atoms with E-state index in [0.29, 0.717) is 12.4 Å². The van der Waals surface area contributed by atoms with E-state index in [9.17, 15) is 0 Å². The molecule has 4 N–H and O–H groups in total. The van der Waals surface area contributed by atoms with Gasteiger partial charge in [0.2, 0.25) is 0 Å². The van der Waals surface area contributed by atoms with Crippen molar-refractivity contribution in [2.75, 3.05) is 43.6 Å². The molecule has 0 spiro atoms.